The molecule has 0 aliphatic carbocycles. The van der Waals surface area contributed by atoms with Gasteiger partial charge in [-0.25, -0.2) is 0 Å². The second-order valence-corrected chi connectivity index (χ2v) is 0.577. The Morgan fingerprint density at radius 2 is 1.40 bits per heavy atom. The predicted octanol–water partition coefficient (Wildman–Crippen LogP) is 1.11. The van der Waals surface area contributed by atoms with Crippen molar-refractivity contribution in [1.29, 1.82) is 0 Å². The molecule has 0 N–H and O–H groups in total. The van der Waals surface area contributed by atoms with Crippen LogP contribution in [0.25, 0.3) is 0 Å². The zero-order valence-electron chi connectivity index (χ0n) is 3.30. The first kappa shape index (κ1) is 9.00. The van der Waals surface area contributed by atoms with Crippen LogP contribution in [0.2, 0.25) is 0 Å². The summed E-state index contributed by atoms with van der Waals surface area (Å²) in [5, 5.41) is 0. The maximum absolute atomic E-state index is 7.88. The first-order valence-electron chi connectivity index (χ1n) is 1.28. The fraction of sp³-hybridized carbons (Fsp3) is 0.667. The van der Waals surface area contributed by atoms with Crippen LogP contribution in [0.5, 0.6) is 0 Å². The topological polar surface area (TPSA) is 17.1 Å². The summed E-state index contributed by atoms with van der Waals surface area (Å²) in [5.74, 6) is 0. The summed E-state index contributed by atoms with van der Waals surface area (Å²) in [6.45, 7) is 4.00. The predicted molar refractivity (Wildman–Crippen MR) is 16.3 cm³/mol. The van der Waals surface area contributed by atoms with Gasteiger partial charge in [-0.05, 0) is 0 Å². The molecule has 0 aliphatic rings. The first-order chi connectivity index (χ1) is 2.41. The van der Waals surface area contributed by atoms with Crippen LogP contribution in [0.3, 0.4) is 0 Å². The Balaban J connectivity index is 0. The average Bonchev–Trinajstić information content (AvgIpc) is 1.46. The first-order valence-corrected chi connectivity index (χ1v) is 1.69. The van der Waals surface area contributed by atoms with Gasteiger partial charge >= 0.3 is 19.3 Å². The Kier molecular flexibility index (Phi) is 50.1. The van der Waals surface area contributed by atoms with Gasteiger partial charge in [0.2, 0.25) is 0 Å². The molecule has 0 radical (unpaired) electrons. The van der Waals surface area contributed by atoms with Gasteiger partial charge in [-0.3, -0.25) is 0 Å². The van der Waals surface area contributed by atoms with Crippen LogP contribution >= 0.6 is 0 Å². The van der Waals surface area contributed by atoms with Crippen LogP contribution in [0.1, 0.15) is 13.8 Å². The summed E-state index contributed by atoms with van der Waals surface area (Å²) in [6, 6.07) is 0. The van der Waals surface area contributed by atoms with E-state index in [1.807, 2.05) is 20.3 Å². The Hall–Kier alpha value is 0.294. The Labute approximate surface area is 40.3 Å². The summed E-state index contributed by atoms with van der Waals surface area (Å²) in [7, 11) is 0. The van der Waals surface area contributed by atoms with E-state index in [9.17, 15) is 0 Å². The van der Waals surface area contributed by atoms with Gasteiger partial charge in [0.25, 0.3) is 0 Å². The normalized spacial score (nSPS) is 4.80. The molecule has 2 heteroatoms. The van der Waals surface area contributed by atoms with Gasteiger partial charge in [0.1, 0.15) is 0 Å². The van der Waals surface area contributed by atoms with E-state index in [4.69, 9.17) is 3.90 Å². The molecule has 0 heterocycles. The summed E-state index contributed by atoms with van der Waals surface area (Å²) in [5.41, 5.74) is 0. The molecular formula is C3H7NiO-. The molecule has 0 spiro atoms. The SMILES string of the molecule is C[CH-]C.[O]=[Ni]. The molecule has 0 fully saturated rings. The third-order valence-corrected chi connectivity index (χ3v) is 0. The van der Waals surface area contributed by atoms with Crippen molar-refractivity contribution in [3.05, 3.63) is 6.42 Å². The number of hydrogen-bond donors (Lipinski definition) is 0. The zero-order chi connectivity index (χ0) is 4.71. The van der Waals surface area contributed by atoms with Gasteiger partial charge in [-0.1, -0.05) is 0 Å². The van der Waals surface area contributed by atoms with Gasteiger partial charge < -0.3 is 6.42 Å². The van der Waals surface area contributed by atoms with Crippen LogP contribution in [0.15, 0.2) is 0 Å². The van der Waals surface area contributed by atoms with Crippen molar-refractivity contribution < 1.29 is 19.3 Å². The molecule has 1 nitrogen and oxygen atoms in total. The van der Waals surface area contributed by atoms with Gasteiger partial charge in [-0.2, -0.15) is 13.8 Å². The molecule has 0 amide bonds. The molecule has 36 valence electrons. The van der Waals surface area contributed by atoms with Crippen molar-refractivity contribution in [2.24, 2.45) is 0 Å². The van der Waals surface area contributed by atoms with E-state index in [0.717, 1.165) is 0 Å². The molecule has 0 rings (SSSR count). The van der Waals surface area contributed by atoms with Gasteiger partial charge in [0.05, 0.1) is 0 Å². The Morgan fingerprint density at radius 3 is 1.40 bits per heavy atom. The van der Waals surface area contributed by atoms with Crippen molar-refractivity contribution >= 4 is 0 Å². The summed E-state index contributed by atoms with van der Waals surface area (Å²) in [4.78, 5) is 0. The Morgan fingerprint density at radius 1 is 1.40 bits per heavy atom. The third-order valence-electron chi connectivity index (χ3n) is 0. The van der Waals surface area contributed by atoms with Crippen LogP contribution in [-0.4, -0.2) is 0 Å². The monoisotopic (exact) mass is 117 g/mol. The van der Waals surface area contributed by atoms with Crippen molar-refractivity contribution in [3.8, 4) is 0 Å². The molecule has 0 aromatic heterocycles. The molecule has 5 heavy (non-hydrogen) atoms. The van der Waals surface area contributed by atoms with Crippen molar-refractivity contribution in [1.82, 2.24) is 0 Å². The quantitative estimate of drug-likeness (QED) is 0.343. The van der Waals surface area contributed by atoms with Gasteiger partial charge in [0, 0.05) is 0 Å². The average molecular weight is 118 g/mol. The van der Waals surface area contributed by atoms with E-state index in [-0.39, 0.29) is 0 Å². The minimum absolute atomic E-state index is 2.00. The molecule has 0 bridgehead atoms. The van der Waals surface area contributed by atoms with E-state index < -0.39 is 0 Å². The van der Waals surface area contributed by atoms with E-state index in [0.29, 0.717) is 0 Å². The van der Waals surface area contributed by atoms with Crippen LogP contribution in [-0.2, 0) is 19.3 Å². The number of rotatable bonds is 0. The maximum atomic E-state index is 7.88. The summed E-state index contributed by atoms with van der Waals surface area (Å²) in [6.07, 6.45) is 2.00. The van der Waals surface area contributed by atoms with Crippen molar-refractivity contribution in [3.63, 3.8) is 0 Å². The van der Waals surface area contributed by atoms with Gasteiger partial charge in [-0.15, -0.1) is 0 Å². The standard InChI is InChI=1S/C3H7.Ni.O/c1-3-2;;/h3H,1-2H3;;/q-1;;. The molecule has 0 atom stereocenters. The van der Waals surface area contributed by atoms with Crippen LogP contribution < -0.4 is 0 Å². The molecule has 0 aliphatic heterocycles. The van der Waals surface area contributed by atoms with Crippen LogP contribution in [0.4, 0.5) is 0 Å². The molecule has 0 saturated carbocycles. The van der Waals surface area contributed by atoms with E-state index >= 15 is 0 Å². The van der Waals surface area contributed by atoms with Crippen molar-refractivity contribution in [2.45, 2.75) is 13.8 Å². The van der Waals surface area contributed by atoms with E-state index in [2.05, 4.69) is 15.4 Å². The van der Waals surface area contributed by atoms with E-state index in [1.54, 1.807) is 0 Å². The van der Waals surface area contributed by atoms with E-state index in [1.165, 1.54) is 0 Å². The fourth-order valence-corrected chi connectivity index (χ4v) is 0. The second kappa shape index (κ2) is 27.8. The second-order valence-electron chi connectivity index (χ2n) is 0.577. The molecule has 0 unspecified atom stereocenters. The fourth-order valence-electron chi connectivity index (χ4n) is 0. The number of hydrogen-bond acceptors (Lipinski definition) is 1. The summed E-state index contributed by atoms with van der Waals surface area (Å²) < 4.78 is 7.88. The summed E-state index contributed by atoms with van der Waals surface area (Å²) >= 11 is 2.62. The molecular weight excluding hydrogens is 111 g/mol. The molecule has 0 saturated heterocycles. The molecule has 0 aromatic carbocycles. The van der Waals surface area contributed by atoms with Gasteiger partial charge in [0.15, 0.2) is 0 Å². The van der Waals surface area contributed by atoms with Crippen molar-refractivity contribution in [2.75, 3.05) is 0 Å². The molecule has 0 aromatic rings. The third kappa shape index (κ3) is 262. The van der Waals surface area contributed by atoms with Crippen LogP contribution in [0, 0.1) is 6.42 Å². The minimum atomic E-state index is 2.00. The Bertz CT molecular complexity index is 10.9. The zero-order valence-corrected chi connectivity index (χ0v) is 4.29.